The van der Waals surface area contributed by atoms with Crippen molar-refractivity contribution in [2.75, 3.05) is 0 Å². The molecule has 1 aromatic carbocycles. The number of hydrogen-bond donors (Lipinski definition) is 3. The molecule has 4 rings (SSSR count). The molecule has 0 saturated carbocycles. The van der Waals surface area contributed by atoms with Crippen LogP contribution in [0, 0.1) is 12.3 Å². The largest absolute Gasteiger partial charge is 0.359 e. The first kappa shape index (κ1) is 27.6. The average molecular weight is 518 g/mol. The highest BCUT2D eigenvalue weighted by atomic mass is 15.1. The number of rotatable bonds is 10. The summed E-state index contributed by atoms with van der Waals surface area (Å²) in [5.74, 6) is 0.730. The number of fused-ring (bicyclic) bond motifs is 1. The summed E-state index contributed by atoms with van der Waals surface area (Å²) in [6.07, 6.45) is 18.2. The number of allylic oxidation sites excluding steroid dienone is 12. The SMILES string of the molecule is C=C/C=C(/C1=CCC=C1)c1nc(-c2n[nH]c3ccc(C(/C=C(\C=C)NC(=C)CC(C)(C)C)=C/C)cc23)[nH]c1C. The Hall–Kier alpha value is -4.38. The molecule has 1 aliphatic rings. The van der Waals surface area contributed by atoms with Crippen LogP contribution in [0.4, 0.5) is 0 Å². The highest BCUT2D eigenvalue weighted by Gasteiger charge is 2.19. The summed E-state index contributed by atoms with van der Waals surface area (Å²) in [4.78, 5) is 8.46. The molecule has 5 nitrogen and oxygen atoms in total. The van der Waals surface area contributed by atoms with Gasteiger partial charge in [-0.2, -0.15) is 5.10 Å². The van der Waals surface area contributed by atoms with Crippen molar-refractivity contribution in [3.63, 3.8) is 0 Å². The van der Waals surface area contributed by atoms with E-state index in [1.165, 1.54) is 0 Å². The van der Waals surface area contributed by atoms with Crippen LogP contribution in [0.1, 0.15) is 57.5 Å². The van der Waals surface area contributed by atoms with Crippen LogP contribution in [0.2, 0.25) is 0 Å². The van der Waals surface area contributed by atoms with Crippen molar-refractivity contribution in [2.45, 2.75) is 47.5 Å². The third-order valence-electron chi connectivity index (χ3n) is 6.53. The van der Waals surface area contributed by atoms with Gasteiger partial charge in [0.05, 0.1) is 11.2 Å². The molecular weight excluding hydrogens is 478 g/mol. The van der Waals surface area contributed by atoms with Crippen LogP contribution in [-0.4, -0.2) is 20.2 Å². The van der Waals surface area contributed by atoms with Crippen LogP contribution in [0.25, 0.3) is 33.6 Å². The van der Waals surface area contributed by atoms with Crippen molar-refractivity contribution in [1.82, 2.24) is 25.5 Å². The first-order valence-electron chi connectivity index (χ1n) is 13.3. The zero-order chi connectivity index (χ0) is 28.2. The van der Waals surface area contributed by atoms with E-state index in [9.17, 15) is 0 Å². The third-order valence-corrected chi connectivity index (χ3v) is 6.53. The normalized spacial score (nSPS) is 14.6. The molecule has 0 fully saturated rings. The maximum absolute atomic E-state index is 5.00. The van der Waals surface area contributed by atoms with E-state index in [1.807, 2.05) is 32.1 Å². The van der Waals surface area contributed by atoms with Gasteiger partial charge >= 0.3 is 0 Å². The molecule has 0 bridgehead atoms. The number of aromatic nitrogens is 4. The first-order valence-corrected chi connectivity index (χ1v) is 13.3. The second-order valence-electron chi connectivity index (χ2n) is 11.0. The van der Waals surface area contributed by atoms with Gasteiger partial charge in [0.25, 0.3) is 0 Å². The number of imidazole rings is 1. The van der Waals surface area contributed by atoms with Gasteiger partial charge in [0.1, 0.15) is 5.69 Å². The standard InChI is InChI=1S/C34H39N5/c1-9-14-28(25-15-12-13-16-25)31-23(5)36-33(37-31)32-29-20-26(17-18-30(29)38-39-32)24(10-2)19-27(11-3)35-22(4)21-34(6,7)8/h9-12,14-20,35H,1,3-4,13,21H2,2,5-8H3,(H,36,37)(H,38,39)/b24-10+,27-19+,28-14-. The molecule has 0 amide bonds. The number of aryl methyl sites for hydroxylation is 1. The van der Waals surface area contributed by atoms with E-state index in [4.69, 9.17) is 4.98 Å². The second kappa shape index (κ2) is 11.6. The average Bonchev–Trinajstić information content (AvgIpc) is 3.63. The molecule has 0 spiro atoms. The molecule has 3 aromatic rings. The Kier molecular flexibility index (Phi) is 8.20. The molecule has 39 heavy (non-hydrogen) atoms. The fourth-order valence-corrected chi connectivity index (χ4v) is 4.83. The molecule has 0 aliphatic heterocycles. The van der Waals surface area contributed by atoms with Gasteiger partial charge < -0.3 is 10.3 Å². The Morgan fingerprint density at radius 3 is 2.64 bits per heavy atom. The van der Waals surface area contributed by atoms with Crippen molar-refractivity contribution in [3.05, 3.63) is 120 Å². The van der Waals surface area contributed by atoms with Gasteiger partial charge in [-0.1, -0.05) is 83.0 Å². The second-order valence-corrected chi connectivity index (χ2v) is 11.0. The minimum absolute atomic E-state index is 0.152. The van der Waals surface area contributed by atoms with Crippen molar-refractivity contribution in [2.24, 2.45) is 5.41 Å². The summed E-state index contributed by atoms with van der Waals surface area (Å²) >= 11 is 0. The van der Waals surface area contributed by atoms with Crippen LogP contribution in [-0.2, 0) is 0 Å². The third kappa shape index (κ3) is 6.37. The summed E-state index contributed by atoms with van der Waals surface area (Å²) in [6.45, 7) is 22.8. The number of nitrogens with zero attached hydrogens (tertiary/aromatic N) is 2. The Bertz CT molecular complexity index is 1570. The summed E-state index contributed by atoms with van der Waals surface area (Å²) in [7, 11) is 0. The zero-order valence-electron chi connectivity index (χ0n) is 23.8. The smallest absolute Gasteiger partial charge is 0.159 e. The summed E-state index contributed by atoms with van der Waals surface area (Å²) in [6, 6.07) is 6.32. The monoisotopic (exact) mass is 517 g/mol. The van der Waals surface area contributed by atoms with E-state index in [0.29, 0.717) is 0 Å². The Balaban J connectivity index is 1.69. The molecule has 0 unspecified atom stereocenters. The van der Waals surface area contributed by atoms with Crippen LogP contribution >= 0.6 is 0 Å². The molecule has 2 aromatic heterocycles. The Morgan fingerprint density at radius 1 is 1.21 bits per heavy atom. The lowest BCUT2D eigenvalue weighted by atomic mass is 9.91. The van der Waals surface area contributed by atoms with Gasteiger partial charge in [-0.05, 0) is 73.1 Å². The van der Waals surface area contributed by atoms with E-state index < -0.39 is 0 Å². The molecule has 0 radical (unpaired) electrons. The van der Waals surface area contributed by atoms with Crippen LogP contribution in [0.5, 0.6) is 0 Å². The number of nitrogens with one attached hydrogen (secondary N) is 3. The van der Waals surface area contributed by atoms with E-state index in [0.717, 1.165) is 80.3 Å². The summed E-state index contributed by atoms with van der Waals surface area (Å²) < 4.78 is 0. The van der Waals surface area contributed by atoms with E-state index in [1.54, 1.807) is 0 Å². The number of hydrogen-bond acceptors (Lipinski definition) is 3. The van der Waals surface area contributed by atoms with Crippen molar-refractivity contribution in [3.8, 4) is 11.5 Å². The lowest BCUT2D eigenvalue weighted by molar-refractivity contribution is 0.403. The predicted molar refractivity (Wildman–Crippen MR) is 167 cm³/mol. The van der Waals surface area contributed by atoms with Crippen LogP contribution in [0.3, 0.4) is 0 Å². The molecular formula is C34H39N5. The van der Waals surface area contributed by atoms with Gasteiger partial charge in [0, 0.05) is 28.0 Å². The fourth-order valence-electron chi connectivity index (χ4n) is 4.83. The molecule has 5 heteroatoms. The van der Waals surface area contributed by atoms with Gasteiger partial charge in [-0.25, -0.2) is 4.98 Å². The molecule has 1 aliphatic carbocycles. The molecule has 3 N–H and O–H groups in total. The fraction of sp³-hybridized carbons (Fsp3) is 0.235. The van der Waals surface area contributed by atoms with Crippen molar-refractivity contribution in [1.29, 1.82) is 0 Å². The highest BCUT2D eigenvalue weighted by Crippen LogP contribution is 2.33. The molecule has 0 atom stereocenters. The predicted octanol–water partition coefficient (Wildman–Crippen LogP) is 8.73. The van der Waals surface area contributed by atoms with E-state index >= 15 is 0 Å². The van der Waals surface area contributed by atoms with Crippen molar-refractivity contribution < 1.29 is 0 Å². The highest BCUT2D eigenvalue weighted by molar-refractivity contribution is 5.95. The van der Waals surface area contributed by atoms with Gasteiger partial charge in [-0.3, -0.25) is 5.10 Å². The molecule has 200 valence electrons. The van der Waals surface area contributed by atoms with Gasteiger partial charge in [0.15, 0.2) is 5.82 Å². The minimum atomic E-state index is 0.152. The summed E-state index contributed by atoms with van der Waals surface area (Å²) in [5, 5.41) is 12.2. The van der Waals surface area contributed by atoms with E-state index in [-0.39, 0.29) is 5.41 Å². The number of benzene rings is 1. The molecule has 2 heterocycles. The van der Waals surface area contributed by atoms with Crippen LogP contribution < -0.4 is 5.32 Å². The number of aromatic amines is 2. The lowest BCUT2D eigenvalue weighted by Gasteiger charge is -2.21. The lowest BCUT2D eigenvalue weighted by Crippen LogP contribution is -2.16. The van der Waals surface area contributed by atoms with E-state index in [2.05, 4.69) is 110 Å². The molecule has 0 saturated heterocycles. The minimum Gasteiger partial charge on any atom is -0.359 e. The van der Waals surface area contributed by atoms with Crippen molar-refractivity contribution >= 4 is 22.0 Å². The topological polar surface area (TPSA) is 69.4 Å². The Labute approximate surface area is 232 Å². The first-order chi connectivity index (χ1) is 18.6. The maximum atomic E-state index is 5.00. The van der Waals surface area contributed by atoms with Gasteiger partial charge in [-0.15, -0.1) is 0 Å². The zero-order valence-corrected chi connectivity index (χ0v) is 23.8. The number of H-pyrrole nitrogens is 2. The maximum Gasteiger partial charge on any atom is 0.159 e. The van der Waals surface area contributed by atoms with Crippen LogP contribution in [0.15, 0.2) is 104 Å². The summed E-state index contributed by atoms with van der Waals surface area (Å²) in [5.41, 5.74) is 10.0. The quantitative estimate of drug-likeness (QED) is 0.236. The van der Waals surface area contributed by atoms with Gasteiger partial charge in [0.2, 0.25) is 0 Å². The Morgan fingerprint density at radius 2 is 2.00 bits per heavy atom.